The molecule has 1 aromatic carbocycles. The van der Waals surface area contributed by atoms with E-state index in [1.165, 1.54) is 6.42 Å². The summed E-state index contributed by atoms with van der Waals surface area (Å²) < 4.78 is 12.4. The summed E-state index contributed by atoms with van der Waals surface area (Å²) in [6, 6.07) is 13.0. The molecule has 0 saturated heterocycles. The van der Waals surface area contributed by atoms with Crippen molar-refractivity contribution >= 4 is 11.8 Å². The summed E-state index contributed by atoms with van der Waals surface area (Å²) in [5.41, 5.74) is 0.857. The van der Waals surface area contributed by atoms with E-state index in [1.807, 2.05) is 37.3 Å². The summed E-state index contributed by atoms with van der Waals surface area (Å²) in [7, 11) is 1.62. The molecule has 5 rings (SSSR count). The highest BCUT2D eigenvalue weighted by molar-refractivity contribution is 6.00. The number of furan rings is 1. The van der Waals surface area contributed by atoms with Gasteiger partial charge in [-0.15, -0.1) is 0 Å². The number of fused-ring (bicyclic) bond motifs is 1. The average molecular weight is 463 g/mol. The Bertz CT molecular complexity index is 1160. The number of carbonyl (C=O) groups is 2. The number of rotatable bonds is 6. The third kappa shape index (κ3) is 4.08. The number of carbonyl (C=O) groups excluding carboxylic acids is 2. The maximum Gasteiger partial charge on any atom is 0.273 e. The minimum Gasteiger partial charge on any atom is -0.497 e. The predicted octanol–water partition coefficient (Wildman–Crippen LogP) is 4.02. The first-order valence-corrected chi connectivity index (χ1v) is 11.9. The number of amides is 2. The van der Waals surface area contributed by atoms with Gasteiger partial charge in [0.2, 0.25) is 5.91 Å². The molecule has 1 atom stereocenters. The van der Waals surface area contributed by atoms with Crippen LogP contribution in [0.25, 0.3) is 11.5 Å². The van der Waals surface area contributed by atoms with Crippen LogP contribution in [0.4, 0.5) is 0 Å². The topological polar surface area (TPSA) is 89.6 Å². The molecule has 1 aliphatic carbocycles. The molecule has 8 heteroatoms. The highest BCUT2D eigenvalue weighted by Gasteiger charge is 2.48. The van der Waals surface area contributed by atoms with Crippen LogP contribution in [0.1, 0.15) is 55.1 Å². The second kappa shape index (κ2) is 9.00. The summed E-state index contributed by atoms with van der Waals surface area (Å²) in [6.45, 7) is 2.41. The number of nitrogens with one attached hydrogen (secondary N) is 1. The number of aromatic nitrogens is 2. The van der Waals surface area contributed by atoms with Gasteiger partial charge in [0.05, 0.1) is 19.9 Å². The van der Waals surface area contributed by atoms with E-state index in [0.717, 1.165) is 37.0 Å². The highest BCUT2D eigenvalue weighted by Crippen LogP contribution is 2.32. The first kappa shape index (κ1) is 22.3. The van der Waals surface area contributed by atoms with Crippen LogP contribution in [0.3, 0.4) is 0 Å². The van der Waals surface area contributed by atoms with Gasteiger partial charge in [-0.05, 0) is 49.6 Å². The minimum atomic E-state index is -1.09. The van der Waals surface area contributed by atoms with E-state index < -0.39 is 5.54 Å². The fraction of sp³-hybridized carbons (Fsp3) is 0.423. The van der Waals surface area contributed by atoms with Gasteiger partial charge in [-0.25, -0.2) is 0 Å². The molecule has 8 nitrogen and oxygen atoms in total. The van der Waals surface area contributed by atoms with Crippen molar-refractivity contribution in [3.8, 4) is 17.2 Å². The Morgan fingerprint density at radius 1 is 1.21 bits per heavy atom. The average Bonchev–Trinajstić information content (AvgIpc) is 3.53. The zero-order chi connectivity index (χ0) is 23.7. The Hall–Kier alpha value is -3.55. The number of nitrogens with zero attached hydrogens (tertiary/aromatic N) is 3. The smallest absolute Gasteiger partial charge is 0.273 e. The molecule has 178 valence electrons. The summed E-state index contributed by atoms with van der Waals surface area (Å²) >= 11 is 0. The molecule has 1 N–H and O–H groups in total. The van der Waals surface area contributed by atoms with E-state index in [9.17, 15) is 9.59 Å². The largest absolute Gasteiger partial charge is 0.497 e. The number of benzene rings is 1. The number of ether oxygens (including phenoxy) is 1. The second-order valence-electron chi connectivity index (χ2n) is 9.37. The lowest BCUT2D eigenvalue weighted by atomic mass is 9.91. The van der Waals surface area contributed by atoms with Crippen molar-refractivity contribution in [3.05, 3.63) is 60.0 Å². The molecule has 2 amide bonds. The lowest BCUT2D eigenvalue weighted by Gasteiger charge is -2.44. The quantitative estimate of drug-likeness (QED) is 0.598. The first-order chi connectivity index (χ1) is 16.5. The molecular weight excluding hydrogens is 432 g/mol. The molecule has 2 aromatic heterocycles. The predicted molar refractivity (Wildman–Crippen MR) is 126 cm³/mol. The highest BCUT2D eigenvalue weighted by atomic mass is 16.5. The van der Waals surface area contributed by atoms with Gasteiger partial charge in [0, 0.05) is 18.7 Å². The Kier molecular flexibility index (Phi) is 5.89. The fourth-order valence-electron chi connectivity index (χ4n) is 4.94. The van der Waals surface area contributed by atoms with Gasteiger partial charge in [-0.3, -0.25) is 14.3 Å². The molecule has 3 aromatic rings. The van der Waals surface area contributed by atoms with E-state index in [-0.39, 0.29) is 24.4 Å². The standard InChI is InChI=1S/C26H30N4O4/c1-26(25(32)27-19-7-4-3-5-8-19)17-30-22(15-21(28-30)23-9-6-14-34-23)24(31)29(26)16-18-10-12-20(33-2)13-11-18/h6,9-15,19H,3-5,7-8,16-17H2,1-2H3,(H,27,32). The molecule has 3 heterocycles. The molecule has 1 unspecified atom stereocenters. The van der Waals surface area contributed by atoms with Crippen molar-refractivity contribution in [2.45, 2.75) is 63.7 Å². The second-order valence-corrected chi connectivity index (χ2v) is 9.37. The normalized spacial score (nSPS) is 20.8. The van der Waals surface area contributed by atoms with Gasteiger partial charge in [0.1, 0.15) is 22.7 Å². The molecule has 1 aliphatic heterocycles. The van der Waals surface area contributed by atoms with Gasteiger partial charge < -0.3 is 19.4 Å². The van der Waals surface area contributed by atoms with Crippen LogP contribution >= 0.6 is 0 Å². The zero-order valence-electron chi connectivity index (χ0n) is 19.6. The molecule has 0 spiro atoms. The minimum absolute atomic E-state index is 0.137. The van der Waals surface area contributed by atoms with E-state index in [1.54, 1.807) is 35.1 Å². The van der Waals surface area contributed by atoms with E-state index in [4.69, 9.17) is 9.15 Å². The maximum atomic E-state index is 13.8. The number of hydrogen-bond donors (Lipinski definition) is 1. The summed E-state index contributed by atoms with van der Waals surface area (Å²) in [6.07, 6.45) is 6.97. The van der Waals surface area contributed by atoms with Crippen LogP contribution < -0.4 is 10.1 Å². The van der Waals surface area contributed by atoms with Gasteiger partial charge in [0.15, 0.2) is 5.76 Å². The maximum absolute atomic E-state index is 13.8. The van der Waals surface area contributed by atoms with Crippen molar-refractivity contribution in [1.29, 1.82) is 0 Å². The lowest BCUT2D eigenvalue weighted by molar-refractivity contribution is -0.134. The fourth-order valence-corrected chi connectivity index (χ4v) is 4.94. The van der Waals surface area contributed by atoms with E-state index in [2.05, 4.69) is 10.4 Å². The molecule has 34 heavy (non-hydrogen) atoms. The molecule has 0 bridgehead atoms. The van der Waals surface area contributed by atoms with Crippen molar-refractivity contribution < 1.29 is 18.7 Å². The lowest BCUT2D eigenvalue weighted by Crippen LogP contribution is -2.64. The van der Waals surface area contributed by atoms with Crippen LogP contribution in [-0.2, 0) is 17.9 Å². The van der Waals surface area contributed by atoms with Crippen LogP contribution in [0.2, 0.25) is 0 Å². The summed E-state index contributed by atoms with van der Waals surface area (Å²) in [5, 5.41) is 7.85. The zero-order valence-corrected chi connectivity index (χ0v) is 19.6. The van der Waals surface area contributed by atoms with E-state index >= 15 is 0 Å². The van der Waals surface area contributed by atoms with Crippen molar-refractivity contribution in [1.82, 2.24) is 20.0 Å². The van der Waals surface area contributed by atoms with Gasteiger partial charge in [-0.2, -0.15) is 5.10 Å². The van der Waals surface area contributed by atoms with Crippen LogP contribution in [0.15, 0.2) is 53.1 Å². The first-order valence-electron chi connectivity index (χ1n) is 11.9. The number of hydrogen-bond acceptors (Lipinski definition) is 5. The Morgan fingerprint density at radius 3 is 2.65 bits per heavy atom. The van der Waals surface area contributed by atoms with Crippen LogP contribution in [0.5, 0.6) is 5.75 Å². The molecule has 1 fully saturated rings. The van der Waals surface area contributed by atoms with Crippen molar-refractivity contribution in [2.75, 3.05) is 7.11 Å². The van der Waals surface area contributed by atoms with Crippen LogP contribution in [-0.4, -0.2) is 45.2 Å². The summed E-state index contributed by atoms with van der Waals surface area (Å²) in [4.78, 5) is 29.1. The Morgan fingerprint density at radius 2 is 1.97 bits per heavy atom. The van der Waals surface area contributed by atoms with Crippen molar-refractivity contribution in [3.63, 3.8) is 0 Å². The molecule has 2 aliphatic rings. The SMILES string of the molecule is COc1ccc(CN2C(=O)c3cc(-c4ccco4)nn3CC2(C)C(=O)NC2CCCCC2)cc1. The number of methoxy groups -OCH3 is 1. The Balaban J connectivity index is 1.49. The van der Waals surface area contributed by atoms with E-state index in [0.29, 0.717) is 23.7 Å². The molecule has 0 radical (unpaired) electrons. The molecular formula is C26H30N4O4. The van der Waals surface area contributed by atoms with Gasteiger partial charge >= 0.3 is 0 Å². The monoisotopic (exact) mass is 462 g/mol. The van der Waals surface area contributed by atoms with Crippen LogP contribution in [0, 0.1) is 0 Å². The third-order valence-corrected chi connectivity index (χ3v) is 7.00. The Labute approximate surface area is 198 Å². The van der Waals surface area contributed by atoms with Crippen molar-refractivity contribution in [2.24, 2.45) is 0 Å². The summed E-state index contributed by atoms with van der Waals surface area (Å²) in [5.74, 6) is 0.966. The molecule has 1 saturated carbocycles. The van der Waals surface area contributed by atoms with Gasteiger partial charge in [-0.1, -0.05) is 31.4 Å². The van der Waals surface area contributed by atoms with Gasteiger partial charge in [0.25, 0.3) is 5.91 Å². The third-order valence-electron chi connectivity index (χ3n) is 7.00.